The molecule has 1 saturated carbocycles. The Kier molecular flexibility index (Phi) is 8.75. The van der Waals surface area contributed by atoms with Gasteiger partial charge in [-0.25, -0.2) is 4.79 Å². The van der Waals surface area contributed by atoms with E-state index in [-0.39, 0.29) is 26.7 Å². The molecule has 1 unspecified atom stereocenters. The van der Waals surface area contributed by atoms with Gasteiger partial charge in [0.2, 0.25) is 0 Å². The highest BCUT2D eigenvalue weighted by atomic mass is 79.9. The Labute approximate surface area is 229 Å². The monoisotopic (exact) mass is 662 g/mol. The topological polar surface area (TPSA) is 66.8 Å². The van der Waals surface area contributed by atoms with Crippen LogP contribution < -0.4 is 0 Å². The molecule has 0 amide bonds. The summed E-state index contributed by atoms with van der Waals surface area (Å²) in [5.74, 6) is -0.108. The zero-order valence-corrected chi connectivity index (χ0v) is 25.3. The molecule has 1 fully saturated rings. The Hall–Kier alpha value is -0.370. The quantitative estimate of drug-likeness (QED) is 0.172. The van der Waals surface area contributed by atoms with Gasteiger partial charge in [0.15, 0.2) is 0 Å². The number of allylic oxidation sites excluding steroid dienone is 1. The maximum absolute atomic E-state index is 13.1. The highest BCUT2D eigenvalue weighted by Gasteiger charge is 2.46. The van der Waals surface area contributed by atoms with Crippen molar-refractivity contribution in [3.05, 3.63) is 41.5 Å². The van der Waals surface area contributed by atoms with E-state index in [9.17, 15) is 15.0 Å². The standard InChI is InChI=1S/C27H37Br3O4/c1-16-6-9-22(29)26(4)12-10-23(30)27(5,33)13-11-21(28)25(2,3)34-24(32)17-7-8-20(31)18(14-17)15-19(16)26/h7-8,14,19,21-23,31,33H,1,6,9-13,15H2,2-5H3/t19-,21?,22+,23-,26+,27+/m1/s1. The first-order valence-corrected chi connectivity index (χ1v) is 14.8. The van der Waals surface area contributed by atoms with Crippen molar-refractivity contribution in [1.29, 1.82) is 0 Å². The molecule has 3 rings (SSSR count). The minimum absolute atomic E-state index is 0.0811. The number of carbonyl (C=O) groups excluding carboxylic acids is 1. The summed E-state index contributed by atoms with van der Waals surface area (Å²) in [6, 6.07) is 4.98. The average Bonchev–Trinajstić information content (AvgIpc) is 2.76. The van der Waals surface area contributed by atoms with Crippen molar-refractivity contribution in [2.45, 2.75) is 98.3 Å². The largest absolute Gasteiger partial charge is 0.508 e. The number of hydrogen-bond acceptors (Lipinski definition) is 4. The number of aliphatic hydroxyl groups is 1. The van der Waals surface area contributed by atoms with Gasteiger partial charge in [0.05, 0.1) is 16.0 Å². The second-order valence-corrected chi connectivity index (χ2v) is 14.4. The molecular weight excluding hydrogens is 628 g/mol. The molecule has 2 N–H and O–H groups in total. The average molecular weight is 665 g/mol. The molecule has 0 spiro atoms. The lowest BCUT2D eigenvalue weighted by molar-refractivity contribution is -0.00700. The van der Waals surface area contributed by atoms with Crippen LogP contribution in [0.4, 0.5) is 0 Å². The lowest BCUT2D eigenvalue weighted by atomic mass is 9.61. The summed E-state index contributed by atoms with van der Waals surface area (Å²) in [5, 5.41) is 22.0. The van der Waals surface area contributed by atoms with E-state index in [0.29, 0.717) is 29.7 Å². The van der Waals surface area contributed by atoms with E-state index in [1.807, 2.05) is 20.8 Å². The fourth-order valence-electron chi connectivity index (χ4n) is 5.34. The normalized spacial score (nSPS) is 37.5. The molecule has 6 atom stereocenters. The highest BCUT2D eigenvalue weighted by Crippen LogP contribution is 2.52. The molecule has 0 saturated heterocycles. The summed E-state index contributed by atoms with van der Waals surface area (Å²) in [5.41, 5.74) is 0.536. The van der Waals surface area contributed by atoms with Crippen molar-refractivity contribution in [3.8, 4) is 5.75 Å². The fourth-order valence-corrected chi connectivity index (χ4v) is 6.90. The molecule has 0 aromatic heterocycles. The van der Waals surface area contributed by atoms with Crippen LogP contribution in [0.3, 0.4) is 0 Å². The van der Waals surface area contributed by atoms with Crippen LogP contribution in [0.2, 0.25) is 0 Å². The van der Waals surface area contributed by atoms with Crippen molar-refractivity contribution < 1.29 is 19.7 Å². The highest BCUT2D eigenvalue weighted by molar-refractivity contribution is 9.10. The third kappa shape index (κ3) is 5.95. The van der Waals surface area contributed by atoms with Gasteiger partial charge in [0.1, 0.15) is 11.4 Å². The van der Waals surface area contributed by atoms with E-state index < -0.39 is 17.2 Å². The predicted molar refractivity (Wildman–Crippen MR) is 149 cm³/mol. The maximum Gasteiger partial charge on any atom is 0.338 e. The number of phenols is 1. The number of fused-ring (bicyclic) bond motifs is 3. The van der Waals surface area contributed by atoms with Crippen LogP contribution in [0.25, 0.3) is 0 Å². The van der Waals surface area contributed by atoms with Crippen molar-refractivity contribution in [2.24, 2.45) is 11.3 Å². The SMILES string of the molecule is C=C1CC[C@H](Br)[C@@]2(C)CC[C@@H](Br)[C@@](C)(O)CCC(Br)C(C)(C)OC(=O)c3ccc(O)c(c3)C[C@H]12. The summed E-state index contributed by atoms with van der Waals surface area (Å²) in [6.07, 6.45) is 5.44. The van der Waals surface area contributed by atoms with Crippen molar-refractivity contribution >= 4 is 53.8 Å². The second kappa shape index (κ2) is 10.5. The molecule has 1 aliphatic heterocycles. The van der Waals surface area contributed by atoms with Gasteiger partial charge >= 0.3 is 5.97 Å². The Morgan fingerprint density at radius 3 is 2.32 bits per heavy atom. The lowest BCUT2D eigenvalue weighted by Crippen LogP contribution is -2.44. The molecule has 4 nitrogen and oxygen atoms in total. The first kappa shape index (κ1) is 28.2. The number of esters is 1. The first-order valence-electron chi connectivity index (χ1n) is 12.0. The number of ether oxygens (including phenoxy) is 1. The Balaban J connectivity index is 2.05. The molecule has 1 aliphatic carbocycles. The van der Waals surface area contributed by atoms with Crippen molar-refractivity contribution in [3.63, 3.8) is 0 Å². The number of halogens is 3. The Morgan fingerprint density at radius 2 is 1.65 bits per heavy atom. The third-order valence-corrected chi connectivity index (χ3v) is 12.6. The molecule has 34 heavy (non-hydrogen) atoms. The summed E-state index contributed by atoms with van der Waals surface area (Å²) >= 11 is 11.5. The van der Waals surface area contributed by atoms with Gasteiger partial charge in [0, 0.05) is 9.65 Å². The smallest absolute Gasteiger partial charge is 0.338 e. The van der Waals surface area contributed by atoms with Gasteiger partial charge in [-0.05, 0) is 101 Å². The first-order chi connectivity index (χ1) is 15.7. The zero-order chi connectivity index (χ0) is 25.5. The number of carbonyl (C=O) groups is 1. The predicted octanol–water partition coefficient (Wildman–Crippen LogP) is 7.46. The number of benzene rings is 1. The van der Waals surface area contributed by atoms with E-state index in [2.05, 4.69) is 61.3 Å². The Morgan fingerprint density at radius 1 is 1.00 bits per heavy atom. The van der Waals surface area contributed by atoms with Crippen molar-refractivity contribution in [1.82, 2.24) is 0 Å². The lowest BCUT2D eigenvalue weighted by Gasteiger charge is -2.48. The van der Waals surface area contributed by atoms with Crippen LogP contribution in [0.15, 0.2) is 30.4 Å². The third-order valence-electron chi connectivity index (χ3n) is 8.09. The fraction of sp³-hybridized carbons (Fsp3) is 0.667. The van der Waals surface area contributed by atoms with Crippen LogP contribution in [0, 0.1) is 11.3 Å². The zero-order valence-electron chi connectivity index (χ0n) is 20.5. The molecule has 0 radical (unpaired) electrons. The van der Waals surface area contributed by atoms with Crippen LogP contribution in [0.5, 0.6) is 5.75 Å². The van der Waals surface area contributed by atoms with E-state index >= 15 is 0 Å². The summed E-state index contributed by atoms with van der Waals surface area (Å²) in [7, 11) is 0. The number of hydrogen-bond donors (Lipinski definition) is 2. The van der Waals surface area contributed by atoms with Crippen molar-refractivity contribution in [2.75, 3.05) is 0 Å². The molecule has 1 aromatic rings. The minimum atomic E-state index is -0.912. The van der Waals surface area contributed by atoms with Crippen LogP contribution in [0.1, 0.15) is 82.1 Å². The van der Waals surface area contributed by atoms with Gasteiger partial charge in [0.25, 0.3) is 0 Å². The molecule has 190 valence electrons. The molecule has 7 heteroatoms. The summed E-state index contributed by atoms with van der Waals surface area (Å²) in [6.45, 7) is 12.3. The van der Waals surface area contributed by atoms with E-state index in [1.165, 1.54) is 5.57 Å². The van der Waals surface area contributed by atoms with E-state index in [1.54, 1.807) is 18.2 Å². The number of cyclic esters (lactones) is 1. The summed E-state index contributed by atoms with van der Waals surface area (Å²) < 4.78 is 5.90. The van der Waals surface area contributed by atoms with Gasteiger partial charge in [-0.2, -0.15) is 0 Å². The number of rotatable bonds is 0. The molecular formula is C27H37Br3O4. The van der Waals surface area contributed by atoms with Crippen LogP contribution in [-0.4, -0.2) is 41.9 Å². The Bertz CT molecular complexity index is 928. The second-order valence-electron chi connectivity index (χ2n) is 11.1. The molecule has 1 heterocycles. The number of aromatic hydroxyl groups is 1. The maximum atomic E-state index is 13.1. The molecule has 1 aromatic carbocycles. The molecule has 2 bridgehead atoms. The minimum Gasteiger partial charge on any atom is -0.508 e. The summed E-state index contributed by atoms with van der Waals surface area (Å²) in [4.78, 5) is 13.2. The van der Waals surface area contributed by atoms with Crippen LogP contribution >= 0.6 is 47.8 Å². The number of phenolic OH excluding ortho intramolecular Hbond substituents is 1. The van der Waals surface area contributed by atoms with Gasteiger partial charge in [-0.15, -0.1) is 0 Å². The number of alkyl halides is 3. The van der Waals surface area contributed by atoms with Crippen LogP contribution in [-0.2, 0) is 11.2 Å². The molecule has 2 aliphatic rings. The van der Waals surface area contributed by atoms with Gasteiger partial charge in [-0.3, -0.25) is 0 Å². The van der Waals surface area contributed by atoms with E-state index in [0.717, 1.165) is 31.2 Å². The van der Waals surface area contributed by atoms with Gasteiger partial charge < -0.3 is 14.9 Å². The van der Waals surface area contributed by atoms with Gasteiger partial charge in [-0.1, -0.05) is 66.9 Å². The van der Waals surface area contributed by atoms with E-state index in [4.69, 9.17) is 4.74 Å².